The highest BCUT2D eigenvalue weighted by Gasteiger charge is 2.32. The molecule has 0 aromatic carbocycles. The van der Waals surface area contributed by atoms with Crippen LogP contribution >= 0.6 is 0 Å². The minimum Gasteiger partial charge on any atom is -0.355 e. The molecule has 2 amide bonds. The van der Waals surface area contributed by atoms with Crippen LogP contribution in [0.25, 0.3) is 0 Å². The van der Waals surface area contributed by atoms with E-state index in [1.54, 1.807) is 6.20 Å². The number of rotatable bonds is 3. The second-order valence-electron chi connectivity index (χ2n) is 5.63. The summed E-state index contributed by atoms with van der Waals surface area (Å²) in [6.07, 6.45) is 2.15. The summed E-state index contributed by atoms with van der Waals surface area (Å²) in [4.78, 5) is 32.0. The normalized spacial score (nSPS) is 23.1. The summed E-state index contributed by atoms with van der Waals surface area (Å²) in [5.41, 5.74) is 1.06. The topological polar surface area (TPSA) is 65.5 Å². The molecule has 0 bridgehead atoms. The maximum absolute atomic E-state index is 12.3. The highest BCUT2D eigenvalue weighted by Crippen LogP contribution is 2.15. The lowest BCUT2D eigenvalue weighted by Gasteiger charge is -2.35. The predicted octanol–water partition coefficient (Wildman–Crippen LogP) is -0.138. The molecule has 2 fully saturated rings. The first kappa shape index (κ1) is 14.0. The third-order valence-electron chi connectivity index (χ3n) is 4.12. The molecular formula is C15H20N4O2. The van der Waals surface area contributed by atoms with Crippen LogP contribution in [-0.4, -0.2) is 59.3 Å². The number of nitrogens with one attached hydrogen (secondary N) is 1. The molecule has 2 aliphatic rings. The molecule has 21 heavy (non-hydrogen) atoms. The van der Waals surface area contributed by atoms with Crippen LogP contribution in [-0.2, 0) is 16.1 Å². The summed E-state index contributed by atoms with van der Waals surface area (Å²) < 4.78 is 0. The Balaban J connectivity index is 1.49. The van der Waals surface area contributed by atoms with Gasteiger partial charge in [0.05, 0.1) is 11.6 Å². The number of aromatic nitrogens is 1. The number of hydrogen-bond acceptors (Lipinski definition) is 4. The van der Waals surface area contributed by atoms with Crippen molar-refractivity contribution >= 4 is 11.8 Å². The van der Waals surface area contributed by atoms with Gasteiger partial charge in [0.25, 0.3) is 0 Å². The van der Waals surface area contributed by atoms with Crippen molar-refractivity contribution in [1.29, 1.82) is 0 Å². The number of hydrogen-bond donors (Lipinski definition) is 1. The summed E-state index contributed by atoms with van der Waals surface area (Å²) >= 11 is 0. The van der Waals surface area contributed by atoms with Gasteiger partial charge in [0.15, 0.2) is 0 Å². The van der Waals surface area contributed by atoms with Gasteiger partial charge in [0.2, 0.25) is 11.8 Å². The van der Waals surface area contributed by atoms with Crippen molar-refractivity contribution in [3.63, 3.8) is 0 Å². The average Bonchev–Trinajstić information content (AvgIpc) is 2.95. The zero-order valence-electron chi connectivity index (χ0n) is 12.0. The number of piperazine rings is 1. The van der Waals surface area contributed by atoms with Gasteiger partial charge in [0.1, 0.15) is 0 Å². The Labute approximate surface area is 124 Å². The monoisotopic (exact) mass is 288 g/mol. The number of nitrogens with zero attached hydrogens (tertiary/aromatic N) is 3. The Morgan fingerprint density at radius 2 is 2.10 bits per heavy atom. The Bertz CT molecular complexity index is 512. The van der Waals surface area contributed by atoms with E-state index in [0.717, 1.165) is 38.4 Å². The van der Waals surface area contributed by atoms with Crippen LogP contribution in [0.15, 0.2) is 24.4 Å². The molecule has 6 heteroatoms. The second-order valence-corrected chi connectivity index (χ2v) is 5.63. The van der Waals surface area contributed by atoms with Gasteiger partial charge in [-0.1, -0.05) is 6.07 Å². The lowest BCUT2D eigenvalue weighted by atomic mass is 10.1. The summed E-state index contributed by atoms with van der Waals surface area (Å²) in [6, 6.07) is 5.93. The van der Waals surface area contributed by atoms with E-state index < -0.39 is 0 Å². The molecule has 6 nitrogen and oxygen atoms in total. The fraction of sp³-hybridized carbons (Fsp3) is 0.533. The molecule has 3 heterocycles. The zero-order valence-corrected chi connectivity index (χ0v) is 12.0. The van der Waals surface area contributed by atoms with Gasteiger partial charge < -0.3 is 10.2 Å². The molecule has 0 spiro atoms. The molecule has 1 N–H and O–H groups in total. The Morgan fingerprint density at radius 1 is 1.29 bits per heavy atom. The molecule has 1 aromatic rings. The highest BCUT2D eigenvalue weighted by molar-refractivity contribution is 5.89. The molecule has 1 aromatic heterocycles. The maximum Gasteiger partial charge on any atom is 0.228 e. The molecule has 2 saturated heterocycles. The lowest BCUT2D eigenvalue weighted by Crippen LogP contribution is -2.50. The Kier molecular flexibility index (Phi) is 4.15. The van der Waals surface area contributed by atoms with Crippen LogP contribution in [0, 0.1) is 5.92 Å². The average molecular weight is 288 g/mol. The molecule has 0 aliphatic carbocycles. The minimum atomic E-state index is -0.167. The van der Waals surface area contributed by atoms with Crippen LogP contribution in [0.1, 0.15) is 12.1 Å². The molecule has 112 valence electrons. The second kappa shape index (κ2) is 6.22. The lowest BCUT2D eigenvalue weighted by molar-refractivity contribution is -0.137. The molecule has 0 radical (unpaired) electrons. The van der Waals surface area contributed by atoms with Gasteiger partial charge in [-0.25, -0.2) is 0 Å². The molecule has 3 rings (SSSR count). The first-order valence-electron chi connectivity index (χ1n) is 7.40. The van der Waals surface area contributed by atoms with E-state index in [4.69, 9.17) is 0 Å². The number of amides is 2. The molecule has 2 aliphatic heterocycles. The first-order valence-corrected chi connectivity index (χ1v) is 7.40. The zero-order chi connectivity index (χ0) is 14.7. The third kappa shape index (κ3) is 3.39. The standard InChI is InChI=1S/C15H20N4O2/c20-14-9-12(10-17-14)15(21)19-7-5-18(6-8-19)11-13-3-1-2-4-16-13/h1-4,12H,5-11H2,(H,17,20). The van der Waals surface area contributed by atoms with Crippen molar-refractivity contribution in [2.45, 2.75) is 13.0 Å². The summed E-state index contributed by atoms with van der Waals surface area (Å²) in [6.45, 7) is 4.50. The van der Waals surface area contributed by atoms with Crippen LogP contribution in [0.5, 0.6) is 0 Å². The molecule has 1 atom stereocenters. The van der Waals surface area contributed by atoms with E-state index in [0.29, 0.717) is 13.0 Å². The van der Waals surface area contributed by atoms with Crippen LogP contribution in [0.3, 0.4) is 0 Å². The van der Waals surface area contributed by atoms with E-state index in [9.17, 15) is 9.59 Å². The SMILES string of the molecule is O=C1CC(C(=O)N2CCN(Cc3ccccn3)CC2)CN1. The quantitative estimate of drug-likeness (QED) is 0.841. The number of carbonyl (C=O) groups is 2. The van der Waals surface area contributed by atoms with Crippen molar-refractivity contribution in [2.24, 2.45) is 5.92 Å². The van der Waals surface area contributed by atoms with E-state index in [2.05, 4.69) is 15.2 Å². The van der Waals surface area contributed by atoms with Gasteiger partial charge >= 0.3 is 0 Å². The van der Waals surface area contributed by atoms with Crippen molar-refractivity contribution in [3.8, 4) is 0 Å². The molecular weight excluding hydrogens is 268 g/mol. The van der Waals surface area contributed by atoms with Gasteiger partial charge in [-0.3, -0.25) is 19.5 Å². The van der Waals surface area contributed by atoms with Crippen LogP contribution in [0.2, 0.25) is 0 Å². The van der Waals surface area contributed by atoms with Crippen molar-refractivity contribution in [2.75, 3.05) is 32.7 Å². The Hall–Kier alpha value is -1.95. The van der Waals surface area contributed by atoms with E-state index in [1.807, 2.05) is 23.1 Å². The van der Waals surface area contributed by atoms with Crippen molar-refractivity contribution in [1.82, 2.24) is 20.1 Å². The summed E-state index contributed by atoms with van der Waals surface area (Å²) in [5, 5.41) is 2.73. The van der Waals surface area contributed by atoms with Gasteiger partial charge in [-0.2, -0.15) is 0 Å². The maximum atomic E-state index is 12.3. The van der Waals surface area contributed by atoms with Gasteiger partial charge in [-0.15, -0.1) is 0 Å². The van der Waals surface area contributed by atoms with E-state index in [1.165, 1.54) is 0 Å². The summed E-state index contributed by atoms with van der Waals surface area (Å²) in [5.74, 6) is -0.0622. The highest BCUT2D eigenvalue weighted by atomic mass is 16.2. The Morgan fingerprint density at radius 3 is 2.71 bits per heavy atom. The third-order valence-corrected chi connectivity index (χ3v) is 4.12. The number of carbonyl (C=O) groups excluding carboxylic acids is 2. The molecule has 1 unspecified atom stereocenters. The first-order chi connectivity index (χ1) is 10.2. The summed E-state index contributed by atoms with van der Waals surface area (Å²) in [7, 11) is 0. The smallest absolute Gasteiger partial charge is 0.228 e. The van der Waals surface area contributed by atoms with E-state index >= 15 is 0 Å². The van der Waals surface area contributed by atoms with Gasteiger partial charge in [0, 0.05) is 51.9 Å². The van der Waals surface area contributed by atoms with E-state index in [-0.39, 0.29) is 17.7 Å². The van der Waals surface area contributed by atoms with Crippen molar-refractivity contribution < 1.29 is 9.59 Å². The van der Waals surface area contributed by atoms with Crippen molar-refractivity contribution in [3.05, 3.63) is 30.1 Å². The van der Waals surface area contributed by atoms with Gasteiger partial charge in [-0.05, 0) is 12.1 Å². The minimum absolute atomic E-state index is 0.0119. The fourth-order valence-corrected chi connectivity index (χ4v) is 2.89. The number of pyridine rings is 1. The van der Waals surface area contributed by atoms with Crippen LogP contribution < -0.4 is 5.32 Å². The predicted molar refractivity (Wildman–Crippen MR) is 77.2 cm³/mol. The fourth-order valence-electron chi connectivity index (χ4n) is 2.89. The van der Waals surface area contributed by atoms with Crippen LogP contribution in [0.4, 0.5) is 0 Å². The largest absolute Gasteiger partial charge is 0.355 e. The molecule has 0 saturated carbocycles.